The van der Waals surface area contributed by atoms with E-state index >= 15 is 0 Å². The molecule has 41 heavy (non-hydrogen) atoms. The lowest BCUT2D eigenvalue weighted by Crippen LogP contribution is -2.38. The molecule has 6 rings (SSSR count). The van der Waals surface area contributed by atoms with Crippen LogP contribution >= 0.6 is 11.6 Å². The quantitative estimate of drug-likeness (QED) is 0.177. The minimum absolute atomic E-state index is 0.196. The maximum Gasteiger partial charge on any atom is 0.123 e. The zero-order chi connectivity index (χ0) is 28.6. The third kappa shape index (κ3) is 5.64. The van der Waals surface area contributed by atoms with E-state index in [1.165, 1.54) is 17.7 Å². The lowest BCUT2D eigenvalue weighted by Gasteiger charge is -2.27. The van der Waals surface area contributed by atoms with E-state index in [4.69, 9.17) is 11.6 Å². The minimum atomic E-state index is -0.319. The van der Waals surface area contributed by atoms with Crippen molar-refractivity contribution in [2.75, 3.05) is 17.2 Å². The van der Waals surface area contributed by atoms with Gasteiger partial charge in [-0.05, 0) is 48.2 Å². The van der Waals surface area contributed by atoms with Crippen molar-refractivity contribution < 1.29 is 4.39 Å². The lowest BCUT2D eigenvalue weighted by atomic mass is 9.84. The first-order valence-electron chi connectivity index (χ1n) is 13.7. The maximum absolute atomic E-state index is 13.8. The Kier molecular flexibility index (Phi) is 7.16. The largest absolute Gasteiger partial charge is 0.383 e. The zero-order valence-electron chi connectivity index (χ0n) is 22.9. The van der Waals surface area contributed by atoms with Gasteiger partial charge in [-0.2, -0.15) is 5.26 Å². The lowest BCUT2D eigenvalue weighted by molar-refractivity contribution is 0.260. The van der Waals surface area contributed by atoms with Gasteiger partial charge in [0.05, 0.1) is 33.5 Å². The molecule has 4 aromatic rings. The van der Waals surface area contributed by atoms with Crippen LogP contribution in [0.4, 0.5) is 15.8 Å². The molecule has 4 N–H and O–H groups in total. The third-order valence-electron chi connectivity index (χ3n) is 7.68. The molecule has 1 aliphatic carbocycles. The molecule has 0 radical (unpaired) electrons. The molecule has 0 spiro atoms. The van der Waals surface area contributed by atoms with Gasteiger partial charge >= 0.3 is 0 Å². The number of hydrazine groups is 2. The summed E-state index contributed by atoms with van der Waals surface area (Å²) in [5.74, 6) is -0.295. The summed E-state index contributed by atoms with van der Waals surface area (Å²) in [6.07, 6.45) is 5.89. The monoisotopic (exact) mass is 567 g/mol. The van der Waals surface area contributed by atoms with E-state index in [2.05, 4.69) is 69.8 Å². The summed E-state index contributed by atoms with van der Waals surface area (Å²) in [5, 5.41) is 20.4. The SMILES string of the molecule is CC(C)(CNc1c(C#N)cnc2c(Cl)cc(N[C@H](C3=CN(C4CC4)NN3)c3ccc(F)cc3)cc12)c1ccccc1. The topological polar surface area (TPSA) is 88.0 Å². The molecule has 7 nitrogen and oxygen atoms in total. The minimum Gasteiger partial charge on any atom is -0.383 e. The average Bonchev–Trinajstić information content (AvgIpc) is 3.72. The number of anilines is 2. The van der Waals surface area contributed by atoms with Crippen LogP contribution < -0.4 is 21.6 Å². The molecular formula is C32H31ClFN7. The first-order chi connectivity index (χ1) is 19.8. The number of hydrogen-bond acceptors (Lipinski definition) is 7. The molecule has 0 saturated heterocycles. The zero-order valence-corrected chi connectivity index (χ0v) is 23.6. The second-order valence-corrected chi connectivity index (χ2v) is 11.6. The molecule has 0 bridgehead atoms. The van der Waals surface area contributed by atoms with E-state index in [1.807, 2.05) is 30.3 Å². The van der Waals surface area contributed by atoms with Gasteiger partial charge in [0.1, 0.15) is 11.9 Å². The van der Waals surface area contributed by atoms with Crippen LogP contribution in [0.5, 0.6) is 0 Å². The molecule has 2 heterocycles. The standard InChI is InChI=1S/C32H31ClFN7/c1-32(2,22-6-4-3-5-7-22)19-37-29-21(16-35)17-36-31-26(29)14-24(15-27(31)33)38-30(20-8-10-23(34)11-9-20)28-18-41(40-39-28)25-12-13-25/h3-11,14-15,17-18,25,30,38-40H,12-13,19H2,1-2H3,(H,36,37)/t30-/m0/s1. The highest BCUT2D eigenvalue weighted by molar-refractivity contribution is 6.35. The molecule has 0 unspecified atom stereocenters. The summed E-state index contributed by atoms with van der Waals surface area (Å²) in [6.45, 7) is 4.93. The summed E-state index contributed by atoms with van der Waals surface area (Å²) in [4.78, 5) is 4.51. The van der Waals surface area contributed by atoms with Crippen LogP contribution in [0.25, 0.3) is 10.9 Å². The van der Waals surface area contributed by atoms with Gasteiger partial charge in [-0.1, -0.05) is 67.9 Å². The Morgan fingerprint density at radius 2 is 1.90 bits per heavy atom. The molecule has 1 atom stereocenters. The number of nitrogens with zero attached hydrogens (tertiary/aromatic N) is 3. The Hall–Kier alpha value is -4.32. The molecule has 1 aliphatic heterocycles. The summed E-state index contributed by atoms with van der Waals surface area (Å²) >= 11 is 6.78. The van der Waals surface area contributed by atoms with Crippen LogP contribution in [0, 0.1) is 17.1 Å². The van der Waals surface area contributed by atoms with Crippen LogP contribution in [0.2, 0.25) is 5.02 Å². The Labute approximate surface area is 244 Å². The highest BCUT2D eigenvalue weighted by Gasteiger charge is 2.32. The first kappa shape index (κ1) is 26.9. The molecule has 0 amide bonds. The molecule has 3 aromatic carbocycles. The third-order valence-corrected chi connectivity index (χ3v) is 7.97. The fourth-order valence-electron chi connectivity index (χ4n) is 5.12. The molecule has 1 fully saturated rings. The number of hydrogen-bond donors (Lipinski definition) is 4. The van der Waals surface area contributed by atoms with Crippen LogP contribution in [0.1, 0.15) is 49.4 Å². The molecule has 9 heteroatoms. The number of fused-ring (bicyclic) bond motifs is 1. The molecule has 1 aromatic heterocycles. The van der Waals surface area contributed by atoms with Gasteiger partial charge in [0.25, 0.3) is 0 Å². The summed E-state index contributed by atoms with van der Waals surface area (Å²) < 4.78 is 13.8. The van der Waals surface area contributed by atoms with Crippen molar-refractivity contribution in [3.8, 4) is 6.07 Å². The summed E-state index contributed by atoms with van der Waals surface area (Å²) in [5.41, 5.74) is 11.7. The van der Waals surface area contributed by atoms with Gasteiger partial charge in [0.15, 0.2) is 0 Å². The van der Waals surface area contributed by atoms with Crippen LogP contribution in [0.15, 0.2) is 84.8 Å². The van der Waals surface area contributed by atoms with Gasteiger partial charge < -0.3 is 16.1 Å². The van der Waals surface area contributed by atoms with E-state index < -0.39 is 0 Å². The van der Waals surface area contributed by atoms with Crippen molar-refractivity contribution in [1.82, 2.24) is 21.0 Å². The molecule has 208 valence electrons. The second kappa shape index (κ2) is 10.9. The van der Waals surface area contributed by atoms with Crippen LogP contribution in [-0.2, 0) is 5.41 Å². The van der Waals surface area contributed by atoms with Gasteiger partial charge in [0.2, 0.25) is 0 Å². The average molecular weight is 568 g/mol. The molecular weight excluding hydrogens is 537 g/mol. The first-order valence-corrected chi connectivity index (χ1v) is 14.1. The number of halogens is 2. The van der Waals surface area contributed by atoms with Crippen molar-refractivity contribution in [3.63, 3.8) is 0 Å². The number of nitriles is 1. The number of nitrogens with one attached hydrogen (secondary N) is 4. The normalized spacial score (nSPS) is 15.7. The van der Waals surface area contributed by atoms with E-state index in [0.717, 1.165) is 35.2 Å². The fraction of sp³-hybridized carbons (Fsp3) is 0.250. The predicted molar refractivity (Wildman–Crippen MR) is 161 cm³/mol. The Morgan fingerprint density at radius 3 is 2.61 bits per heavy atom. The number of benzene rings is 3. The highest BCUT2D eigenvalue weighted by atomic mass is 35.5. The number of rotatable bonds is 9. The van der Waals surface area contributed by atoms with Crippen LogP contribution in [-0.4, -0.2) is 22.6 Å². The Bertz CT molecular complexity index is 1640. The van der Waals surface area contributed by atoms with E-state index in [9.17, 15) is 9.65 Å². The van der Waals surface area contributed by atoms with Crippen molar-refractivity contribution in [1.29, 1.82) is 5.26 Å². The van der Waals surface area contributed by atoms with E-state index in [-0.39, 0.29) is 17.3 Å². The van der Waals surface area contributed by atoms with Gasteiger partial charge in [-0.25, -0.2) is 4.39 Å². The van der Waals surface area contributed by atoms with Gasteiger partial charge in [-0.15, -0.1) is 5.53 Å². The van der Waals surface area contributed by atoms with Crippen molar-refractivity contribution >= 4 is 33.9 Å². The molecule has 1 saturated carbocycles. The van der Waals surface area contributed by atoms with E-state index in [0.29, 0.717) is 34.4 Å². The molecule has 2 aliphatic rings. The van der Waals surface area contributed by atoms with Crippen LogP contribution in [0.3, 0.4) is 0 Å². The van der Waals surface area contributed by atoms with E-state index in [1.54, 1.807) is 18.3 Å². The summed E-state index contributed by atoms with van der Waals surface area (Å²) in [6, 6.07) is 23.0. The number of pyridine rings is 1. The van der Waals surface area contributed by atoms with Crippen molar-refractivity contribution in [3.05, 3.63) is 112 Å². The number of aromatic nitrogens is 1. The second-order valence-electron chi connectivity index (χ2n) is 11.2. The van der Waals surface area contributed by atoms with Gasteiger partial charge in [-0.3, -0.25) is 9.99 Å². The van der Waals surface area contributed by atoms with Crippen molar-refractivity contribution in [2.45, 2.75) is 44.2 Å². The highest BCUT2D eigenvalue weighted by Crippen LogP contribution is 2.37. The fourth-order valence-corrected chi connectivity index (χ4v) is 5.39. The van der Waals surface area contributed by atoms with Crippen molar-refractivity contribution in [2.24, 2.45) is 0 Å². The summed E-state index contributed by atoms with van der Waals surface area (Å²) in [7, 11) is 0. The smallest absolute Gasteiger partial charge is 0.123 e. The predicted octanol–water partition coefficient (Wildman–Crippen LogP) is 6.77. The Morgan fingerprint density at radius 1 is 1.15 bits per heavy atom. The Balaban J connectivity index is 1.37. The van der Waals surface area contributed by atoms with Gasteiger partial charge in [0, 0.05) is 41.5 Å². The maximum atomic E-state index is 13.8.